The first-order valence-electron chi connectivity index (χ1n) is 4.36. The highest BCUT2D eigenvalue weighted by Gasteiger charge is 2.60. The summed E-state index contributed by atoms with van der Waals surface area (Å²) in [6, 6.07) is 2.28. The highest BCUT2D eigenvalue weighted by Crippen LogP contribution is 2.58. The van der Waals surface area contributed by atoms with Gasteiger partial charge >= 0.3 is 0 Å². The molecular weight excluding hydrogens is 138 g/mol. The van der Waals surface area contributed by atoms with Crippen molar-refractivity contribution in [2.24, 2.45) is 5.41 Å². The number of nitriles is 1. The molecule has 2 nitrogen and oxygen atoms in total. The summed E-state index contributed by atoms with van der Waals surface area (Å²) in [5.74, 6) is 0. The number of nitrogens with zero attached hydrogens (tertiary/aromatic N) is 1. The van der Waals surface area contributed by atoms with Crippen LogP contribution in [0.1, 0.15) is 38.5 Å². The zero-order valence-corrected chi connectivity index (χ0v) is 6.64. The van der Waals surface area contributed by atoms with Crippen LogP contribution < -0.4 is 0 Å². The first kappa shape index (κ1) is 7.12. The van der Waals surface area contributed by atoms with Gasteiger partial charge in [0.15, 0.2) is 0 Å². The van der Waals surface area contributed by atoms with Crippen LogP contribution in [0, 0.1) is 16.7 Å². The quantitative estimate of drug-likeness (QED) is 0.618. The van der Waals surface area contributed by atoms with E-state index in [0.717, 1.165) is 38.5 Å². The molecule has 1 N–H and O–H groups in total. The van der Waals surface area contributed by atoms with Crippen molar-refractivity contribution in [2.45, 2.75) is 44.1 Å². The van der Waals surface area contributed by atoms with Gasteiger partial charge in [-0.3, -0.25) is 0 Å². The third-order valence-corrected chi connectivity index (χ3v) is 3.29. The lowest BCUT2D eigenvalue weighted by Crippen LogP contribution is -2.35. The van der Waals surface area contributed by atoms with Gasteiger partial charge in [-0.2, -0.15) is 5.26 Å². The predicted molar refractivity (Wildman–Crippen MR) is 40.7 cm³/mol. The summed E-state index contributed by atoms with van der Waals surface area (Å²) in [6.07, 6.45) is 5.72. The minimum atomic E-state index is -0.609. The van der Waals surface area contributed by atoms with Gasteiger partial charge in [-0.25, -0.2) is 0 Å². The van der Waals surface area contributed by atoms with E-state index in [-0.39, 0.29) is 5.41 Å². The van der Waals surface area contributed by atoms with E-state index in [2.05, 4.69) is 6.07 Å². The topological polar surface area (TPSA) is 44.0 Å². The van der Waals surface area contributed by atoms with Crippen LogP contribution in [0.3, 0.4) is 0 Å². The Morgan fingerprint density at radius 1 is 1.09 bits per heavy atom. The fourth-order valence-electron chi connectivity index (χ4n) is 2.24. The lowest BCUT2D eigenvalue weighted by Gasteiger charge is -2.27. The molecule has 0 radical (unpaired) electrons. The van der Waals surface area contributed by atoms with E-state index >= 15 is 0 Å². The Morgan fingerprint density at radius 2 is 1.64 bits per heavy atom. The van der Waals surface area contributed by atoms with Gasteiger partial charge in [-0.1, -0.05) is 12.8 Å². The van der Waals surface area contributed by atoms with E-state index in [0.29, 0.717) is 0 Å². The first-order valence-corrected chi connectivity index (χ1v) is 4.36. The van der Waals surface area contributed by atoms with Crippen molar-refractivity contribution >= 4 is 0 Å². The van der Waals surface area contributed by atoms with Crippen molar-refractivity contribution in [2.75, 3.05) is 0 Å². The van der Waals surface area contributed by atoms with Crippen molar-refractivity contribution in [1.82, 2.24) is 0 Å². The standard InChI is InChI=1S/C9H13NO/c10-7-8(5-6-8)9(11)3-1-2-4-9/h11H,1-6H2. The molecule has 0 aliphatic heterocycles. The summed E-state index contributed by atoms with van der Waals surface area (Å²) >= 11 is 0. The van der Waals surface area contributed by atoms with Crippen LogP contribution in [-0.2, 0) is 0 Å². The lowest BCUT2D eigenvalue weighted by molar-refractivity contribution is -0.00272. The molecule has 0 heterocycles. The van der Waals surface area contributed by atoms with Crippen LogP contribution in [0.5, 0.6) is 0 Å². The molecule has 2 aliphatic rings. The van der Waals surface area contributed by atoms with Gasteiger partial charge in [0.2, 0.25) is 0 Å². The number of aliphatic hydroxyl groups is 1. The molecule has 2 heteroatoms. The Balaban J connectivity index is 2.20. The van der Waals surface area contributed by atoms with Gasteiger partial charge in [0.1, 0.15) is 0 Å². The maximum Gasteiger partial charge on any atom is 0.0861 e. The van der Waals surface area contributed by atoms with E-state index in [9.17, 15) is 5.11 Å². The van der Waals surface area contributed by atoms with Crippen LogP contribution >= 0.6 is 0 Å². The maximum absolute atomic E-state index is 10.1. The molecule has 0 amide bonds. The fourth-order valence-corrected chi connectivity index (χ4v) is 2.24. The highest BCUT2D eigenvalue weighted by atomic mass is 16.3. The Morgan fingerprint density at radius 3 is 2.00 bits per heavy atom. The van der Waals surface area contributed by atoms with Crippen LogP contribution in [0.15, 0.2) is 0 Å². The van der Waals surface area contributed by atoms with E-state index in [1.165, 1.54) is 0 Å². The average molecular weight is 151 g/mol. The van der Waals surface area contributed by atoms with Gasteiger partial charge in [0, 0.05) is 0 Å². The third kappa shape index (κ3) is 0.810. The SMILES string of the molecule is N#CC1(C2(O)CCCC2)CC1. The van der Waals surface area contributed by atoms with Crippen LogP contribution in [-0.4, -0.2) is 10.7 Å². The Labute approximate surface area is 66.8 Å². The molecule has 0 aromatic rings. The van der Waals surface area contributed by atoms with E-state index in [4.69, 9.17) is 5.26 Å². The molecule has 60 valence electrons. The molecule has 0 aromatic heterocycles. The Kier molecular flexibility index (Phi) is 1.28. The monoisotopic (exact) mass is 151 g/mol. The van der Waals surface area contributed by atoms with Crippen molar-refractivity contribution < 1.29 is 5.11 Å². The minimum Gasteiger partial charge on any atom is -0.388 e. The summed E-state index contributed by atoms with van der Waals surface area (Å²) in [5, 5.41) is 18.9. The van der Waals surface area contributed by atoms with E-state index in [1.54, 1.807) is 0 Å². The van der Waals surface area contributed by atoms with Crippen LogP contribution in [0.25, 0.3) is 0 Å². The first-order chi connectivity index (χ1) is 5.22. The summed E-state index contributed by atoms with van der Waals surface area (Å²) in [7, 11) is 0. The number of hydrogen-bond donors (Lipinski definition) is 1. The normalized spacial score (nSPS) is 31.3. The molecule has 0 unspecified atom stereocenters. The zero-order valence-electron chi connectivity index (χ0n) is 6.64. The van der Waals surface area contributed by atoms with Crippen LogP contribution in [0.4, 0.5) is 0 Å². The second-order valence-corrected chi connectivity index (χ2v) is 3.93. The van der Waals surface area contributed by atoms with Gasteiger partial charge in [0.25, 0.3) is 0 Å². The summed E-state index contributed by atoms with van der Waals surface area (Å²) in [4.78, 5) is 0. The Hall–Kier alpha value is -0.550. The van der Waals surface area contributed by atoms with Crippen molar-refractivity contribution in [3.8, 4) is 6.07 Å². The van der Waals surface area contributed by atoms with Gasteiger partial charge in [-0.15, -0.1) is 0 Å². The molecular formula is C9H13NO. The second-order valence-electron chi connectivity index (χ2n) is 3.93. The summed E-state index contributed by atoms with van der Waals surface area (Å²) in [5.41, 5.74) is -0.939. The molecule has 2 fully saturated rings. The van der Waals surface area contributed by atoms with E-state index in [1.807, 2.05) is 0 Å². The maximum atomic E-state index is 10.1. The molecule has 0 atom stereocenters. The molecule has 2 rings (SSSR count). The predicted octanol–water partition coefficient (Wildman–Crippen LogP) is 1.60. The smallest absolute Gasteiger partial charge is 0.0861 e. The van der Waals surface area contributed by atoms with Gasteiger partial charge in [0.05, 0.1) is 17.1 Å². The lowest BCUT2D eigenvalue weighted by atomic mass is 9.84. The number of hydrogen-bond acceptors (Lipinski definition) is 2. The molecule has 0 bridgehead atoms. The average Bonchev–Trinajstić information content (AvgIpc) is 2.71. The molecule has 0 saturated heterocycles. The van der Waals surface area contributed by atoms with Crippen molar-refractivity contribution in [3.63, 3.8) is 0 Å². The molecule has 0 aromatic carbocycles. The van der Waals surface area contributed by atoms with Crippen molar-refractivity contribution in [3.05, 3.63) is 0 Å². The van der Waals surface area contributed by atoms with Crippen molar-refractivity contribution in [1.29, 1.82) is 5.26 Å². The molecule has 2 saturated carbocycles. The molecule has 2 aliphatic carbocycles. The zero-order chi connectivity index (χ0) is 7.95. The van der Waals surface area contributed by atoms with Gasteiger partial charge in [-0.05, 0) is 25.7 Å². The number of rotatable bonds is 1. The van der Waals surface area contributed by atoms with E-state index < -0.39 is 5.60 Å². The van der Waals surface area contributed by atoms with Crippen LogP contribution in [0.2, 0.25) is 0 Å². The molecule has 0 spiro atoms. The second kappa shape index (κ2) is 1.98. The Bertz CT molecular complexity index is 206. The fraction of sp³-hybridized carbons (Fsp3) is 0.889. The minimum absolute atomic E-state index is 0.330. The highest BCUT2D eigenvalue weighted by molar-refractivity contribution is 5.21. The van der Waals surface area contributed by atoms with Gasteiger partial charge < -0.3 is 5.11 Å². The summed E-state index contributed by atoms with van der Waals surface area (Å²) in [6.45, 7) is 0. The molecule has 11 heavy (non-hydrogen) atoms. The summed E-state index contributed by atoms with van der Waals surface area (Å²) < 4.78 is 0. The third-order valence-electron chi connectivity index (χ3n) is 3.29. The largest absolute Gasteiger partial charge is 0.388 e.